The molecule has 25 heavy (non-hydrogen) atoms. The number of para-hydroxylation sites is 1. The van der Waals surface area contributed by atoms with Crippen LogP contribution in [0.15, 0.2) is 36.4 Å². The first-order valence-electron chi connectivity index (χ1n) is 8.27. The quantitative estimate of drug-likeness (QED) is 0.682. The maximum Gasteiger partial charge on any atom is 0.293 e. The van der Waals surface area contributed by atoms with Gasteiger partial charge in [-0.25, -0.2) is 0 Å². The van der Waals surface area contributed by atoms with Crippen molar-refractivity contribution < 1.29 is 9.72 Å². The highest BCUT2D eigenvalue weighted by Crippen LogP contribution is 2.33. The second-order valence-corrected chi connectivity index (χ2v) is 6.52. The minimum absolute atomic E-state index is 0.0775. The second kappa shape index (κ2) is 6.55. The van der Waals surface area contributed by atoms with Gasteiger partial charge in [0.1, 0.15) is 5.69 Å². The maximum atomic E-state index is 12.6. The van der Waals surface area contributed by atoms with Crippen molar-refractivity contribution in [3.8, 4) is 0 Å². The molecule has 1 heterocycles. The van der Waals surface area contributed by atoms with Gasteiger partial charge in [0.05, 0.1) is 11.5 Å². The minimum Gasteiger partial charge on any atom is -0.359 e. The predicted molar refractivity (Wildman–Crippen MR) is 98.2 cm³/mol. The van der Waals surface area contributed by atoms with Gasteiger partial charge >= 0.3 is 0 Å². The van der Waals surface area contributed by atoms with E-state index in [0.29, 0.717) is 0 Å². The number of anilines is 2. The van der Waals surface area contributed by atoms with Crippen molar-refractivity contribution >= 4 is 23.0 Å². The molecule has 0 spiro atoms. The van der Waals surface area contributed by atoms with Gasteiger partial charge < -0.3 is 10.2 Å². The van der Waals surface area contributed by atoms with Crippen LogP contribution in [0.3, 0.4) is 0 Å². The Labute approximate surface area is 146 Å². The molecule has 2 aromatic carbocycles. The van der Waals surface area contributed by atoms with Crippen LogP contribution < -0.4 is 10.2 Å². The fourth-order valence-electron chi connectivity index (χ4n) is 3.32. The lowest BCUT2D eigenvalue weighted by molar-refractivity contribution is -0.384. The summed E-state index contributed by atoms with van der Waals surface area (Å²) in [6.07, 6.45) is 0.896. The number of nitro groups is 1. The molecule has 1 atom stereocenters. The third-order valence-electron chi connectivity index (χ3n) is 4.84. The molecule has 3 rings (SSSR count). The van der Waals surface area contributed by atoms with Crippen molar-refractivity contribution in [3.63, 3.8) is 0 Å². The molecule has 130 valence electrons. The zero-order chi connectivity index (χ0) is 18.1. The van der Waals surface area contributed by atoms with Crippen molar-refractivity contribution in [1.29, 1.82) is 0 Å². The fourth-order valence-corrected chi connectivity index (χ4v) is 3.32. The fraction of sp³-hybridized carbons (Fsp3) is 0.316. The van der Waals surface area contributed by atoms with Crippen LogP contribution >= 0.6 is 0 Å². The van der Waals surface area contributed by atoms with Crippen LogP contribution in [0.4, 0.5) is 17.1 Å². The highest BCUT2D eigenvalue weighted by molar-refractivity contribution is 5.97. The van der Waals surface area contributed by atoms with Crippen molar-refractivity contribution in [3.05, 3.63) is 63.2 Å². The average molecular weight is 339 g/mol. The molecule has 0 bridgehead atoms. The van der Waals surface area contributed by atoms with Gasteiger partial charge in [-0.3, -0.25) is 14.9 Å². The van der Waals surface area contributed by atoms with Gasteiger partial charge in [-0.05, 0) is 49.9 Å². The Morgan fingerprint density at radius 3 is 2.72 bits per heavy atom. The number of nitrogens with zero attached hydrogens (tertiary/aromatic N) is 2. The van der Waals surface area contributed by atoms with Crippen LogP contribution in [0.5, 0.6) is 0 Å². The summed E-state index contributed by atoms with van der Waals surface area (Å²) in [5, 5.41) is 14.0. The summed E-state index contributed by atoms with van der Waals surface area (Å²) < 4.78 is 0. The predicted octanol–water partition coefficient (Wildman–Crippen LogP) is 3.60. The van der Waals surface area contributed by atoms with Gasteiger partial charge in [-0.1, -0.05) is 24.3 Å². The standard InChI is InChI=1S/C19H21N3O3/c1-12-8-9-17(22(24)25)19(14(12)3)20-18(23)11-21-13(2)10-15-6-4-5-7-16(15)21/h4-9,13H,10-11H2,1-3H3,(H,20,23)/t13-/m1/s1. The van der Waals surface area contributed by atoms with Gasteiger partial charge in [0, 0.05) is 17.8 Å². The molecule has 1 aliphatic rings. The van der Waals surface area contributed by atoms with Crippen LogP contribution in [0.1, 0.15) is 23.6 Å². The van der Waals surface area contributed by atoms with Gasteiger partial charge in [0.2, 0.25) is 5.91 Å². The SMILES string of the molecule is Cc1ccc([N+](=O)[O-])c(NC(=O)CN2c3ccccc3C[C@H]2C)c1C. The number of nitrogens with one attached hydrogen (secondary N) is 1. The summed E-state index contributed by atoms with van der Waals surface area (Å²) in [7, 11) is 0. The Morgan fingerprint density at radius 1 is 1.28 bits per heavy atom. The third kappa shape index (κ3) is 3.20. The number of hydrogen-bond donors (Lipinski definition) is 1. The van der Waals surface area contributed by atoms with Gasteiger partial charge in [0.25, 0.3) is 5.69 Å². The summed E-state index contributed by atoms with van der Waals surface area (Å²) in [5.41, 5.74) is 4.11. The zero-order valence-electron chi connectivity index (χ0n) is 14.6. The minimum atomic E-state index is -0.462. The highest BCUT2D eigenvalue weighted by Gasteiger charge is 2.28. The Morgan fingerprint density at radius 2 is 2.00 bits per heavy atom. The molecule has 1 N–H and O–H groups in total. The number of carbonyl (C=O) groups excluding carboxylic acids is 1. The molecule has 0 aromatic heterocycles. The lowest BCUT2D eigenvalue weighted by Crippen LogP contribution is -2.37. The smallest absolute Gasteiger partial charge is 0.293 e. The van der Waals surface area contributed by atoms with Crippen LogP contribution in [-0.4, -0.2) is 23.4 Å². The molecule has 0 radical (unpaired) electrons. The molecule has 0 aliphatic carbocycles. The van der Waals surface area contributed by atoms with Gasteiger partial charge in [-0.15, -0.1) is 0 Å². The van der Waals surface area contributed by atoms with Crippen LogP contribution in [0.25, 0.3) is 0 Å². The van der Waals surface area contributed by atoms with E-state index in [4.69, 9.17) is 0 Å². The van der Waals surface area contributed by atoms with Crippen molar-refractivity contribution in [1.82, 2.24) is 0 Å². The number of carbonyl (C=O) groups is 1. The van der Waals surface area contributed by atoms with Crippen LogP contribution in [0.2, 0.25) is 0 Å². The second-order valence-electron chi connectivity index (χ2n) is 6.52. The van der Waals surface area contributed by atoms with E-state index in [9.17, 15) is 14.9 Å². The molecule has 2 aromatic rings. The van der Waals surface area contributed by atoms with Crippen molar-refractivity contribution in [2.24, 2.45) is 0 Å². The number of nitro benzene ring substituents is 1. The van der Waals surface area contributed by atoms with E-state index >= 15 is 0 Å². The first-order chi connectivity index (χ1) is 11.9. The summed E-state index contributed by atoms with van der Waals surface area (Å²) in [6, 6.07) is 11.4. The first-order valence-corrected chi connectivity index (χ1v) is 8.27. The zero-order valence-corrected chi connectivity index (χ0v) is 14.6. The number of benzene rings is 2. The normalized spacial score (nSPS) is 15.8. The van der Waals surface area contributed by atoms with E-state index in [1.165, 1.54) is 11.6 Å². The van der Waals surface area contributed by atoms with Gasteiger partial charge in [-0.2, -0.15) is 0 Å². The molecule has 1 aliphatic heterocycles. The maximum absolute atomic E-state index is 12.6. The Hall–Kier alpha value is -2.89. The molecule has 0 saturated carbocycles. The molecule has 6 nitrogen and oxygen atoms in total. The summed E-state index contributed by atoms with van der Waals surface area (Å²) >= 11 is 0. The van der Waals surface area contributed by atoms with Crippen molar-refractivity contribution in [2.45, 2.75) is 33.2 Å². The largest absolute Gasteiger partial charge is 0.359 e. The van der Waals surface area contributed by atoms with Crippen LogP contribution in [-0.2, 0) is 11.2 Å². The summed E-state index contributed by atoms with van der Waals surface area (Å²) in [6.45, 7) is 5.90. The molecule has 0 unspecified atom stereocenters. The molecule has 0 fully saturated rings. The average Bonchev–Trinajstić information content (AvgIpc) is 2.87. The Kier molecular flexibility index (Phi) is 4.44. The lowest BCUT2D eigenvalue weighted by Gasteiger charge is -2.24. The summed E-state index contributed by atoms with van der Waals surface area (Å²) in [5.74, 6) is -0.250. The number of fused-ring (bicyclic) bond motifs is 1. The van der Waals surface area contributed by atoms with Gasteiger partial charge in [0.15, 0.2) is 0 Å². The molecule has 6 heteroatoms. The lowest BCUT2D eigenvalue weighted by atomic mass is 10.1. The third-order valence-corrected chi connectivity index (χ3v) is 4.84. The van der Waals surface area contributed by atoms with Crippen LogP contribution in [0, 0.1) is 24.0 Å². The Bertz CT molecular complexity index is 848. The van der Waals surface area contributed by atoms with E-state index in [0.717, 1.165) is 23.2 Å². The van der Waals surface area contributed by atoms with E-state index in [-0.39, 0.29) is 29.9 Å². The number of aryl methyl sites for hydroxylation is 1. The monoisotopic (exact) mass is 339 g/mol. The molecular weight excluding hydrogens is 318 g/mol. The van der Waals surface area contributed by atoms with E-state index in [1.54, 1.807) is 13.0 Å². The first kappa shape index (κ1) is 17.0. The molecule has 1 amide bonds. The number of hydrogen-bond acceptors (Lipinski definition) is 4. The van der Waals surface area contributed by atoms with E-state index in [2.05, 4.69) is 18.3 Å². The molecule has 0 saturated heterocycles. The number of amides is 1. The Balaban J connectivity index is 1.83. The topological polar surface area (TPSA) is 75.5 Å². The van der Waals surface area contributed by atoms with E-state index < -0.39 is 4.92 Å². The molecular formula is C19H21N3O3. The van der Waals surface area contributed by atoms with E-state index in [1.807, 2.05) is 30.0 Å². The highest BCUT2D eigenvalue weighted by atomic mass is 16.6. The summed E-state index contributed by atoms with van der Waals surface area (Å²) in [4.78, 5) is 25.4. The van der Waals surface area contributed by atoms with Crippen molar-refractivity contribution in [2.75, 3.05) is 16.8 Å². The number of rotatable bonds is 4.